The molecule has 0 aliphatic rings. The van der Waals surface area contributed by atoms with Crippen molar-refractivity contribution in [3.05, 3.63) is 0 Å². The molecule has 0 unspecified atom stereocenters. The molecule has 60 valence electrons. The van der Waals surface area contributed by atoms with Gasteiger partial charge < -0.3 is 0 Å². The largest absolute Gasteiger partial charge is 0.290 e. The summed E-state index contributed by atoms with van der Waals surface area (Å²) in [7, 11) is -6.03. The van der Waals surface area contributed by atoms with Crippen molar-refractivity contribution in [2.24, 2.45) is 0 Å². The molecule has 0 radical (unpaired) electrons. The molecule has 0 heterocycles. The summed E-state index contributed by atoms with van der Waals surface area (Å²) in [4.78, 5) is 0. The molecule has 0 saturated carbocycles. The van der Waals surface area contributed by atoms with E-state index in [4.69, 9.17) is 9.11 Å². The molecule has 0 rings (SSSR count). The summed E-state index contributed by atoms with van der Waals surface area (Å²) in [6.45, 7) is 0. The van der Waals surface area contributed by atoms with E-state index in [9.17, 15) is 4.21 Å². The Morgan fingerprint density at radius 2 is 1.22 bits per heavy atom. The number of rotatable bonds is 0. The van der Waals surface area contributed by atoms with Crippen molar-refractivity contribution in [3.63, 3.8) is 0 Å². The summed E-state index contributed by atoms with van der Waals surface area (Å²) in [5.74, 6) is 0. The molecule has 0 aliphatic heterocycles. The molecule has 0 aromatic heterocycles. The fraction of sp³-hybridized carbons (Fsp3) is 1.00. The smallest absolute Gasteiger partial charge is 0.207 e. The summed E-state index contributed by atoms with van der Waals surface area (Å²) in [6, 6.07) is 0. The van der Waals surface area contributed by atoms with Crippen LogP contribution in [0, 0.1) is 0 Å². The summed E-state index contributed by atoms with van der Waals surface area (Å²) in [5.41, 5.74) is 0. The molecule has 0 saturated heterocycles. The van der Waals surface area contributed by atoms with Gasteiger partial charge in [0.05, 0.1) is 0 Å². The fourth-order valence-electron chi connectivity index (χ4n) is 0. The highest BCUT2D eigenvalue weighted by Crippen LogP contribution is 2.15. The minimum absolute atomic E-state index is 1.62. The molecule has 0 aromatic carbocycles. The first-order valence-corrected chi connectivity index (χ1v) is 7.99. The third-order valence-corrected chi connectivity index (χ3v) is 7.82. The van der Waals surface area contributed by atoms with Gasteiger partial charge in [0, 0.05) is 0 Å². The highest BCUT2D eigenvalue weighted by molar-refractivity contribution is 8.60. The third-order valence-electron chi connectivity index (χ3n) is 0.868. The van der Waals surface area contributed by atoms with Crippen LogP contribution in [0.3, 0.4) is 0 Å². The monoisotopic (exact) mass is 174 g/mol. The Balaban J connectivity index is 5.79. The molecule has 3 nitrogen and oxygen atoms in total. The van der Waals surface area contributed by atoms with Crippen molar-refractivity contribution in [2.45, 2.75) is 0 Å². The lowest BCUT2D eigenvalue weighted by Gasteiger charge is -2.31. The van der Waals surface area contributed by atoms with Gasteiger partial charge in [-0.05, 0) is 25.0 Å². The van der Waals surface area contributed by atoms with Gasteiger partial charge in [-0.3, -0.25) is 9.11 Å². The standard InChI is InChI=1S/C4H14O3S2/c1-9(2,3,4)8(5,6)7/h1-4H3,(H2,5,6,7). The maximum atomic E-state index is 10.7. The lowest BCUT2D eigenvalue weighted by atomic mass is 11.8. The van der Waals surface area contributed by atoms with Crippen molar-refractivity contribution < 1.29 is 13.3 Å². The molecular weight excluding hydrogens is 160 g/mol. The molecule has 9 heavy (non-hydrogen) atoms. The minimum atomic E-state index is -3.58. The quantitative estimate of drug-likeness (QED) is 0.557. The highest BCUT2D eigenvalue weighted by atomic mass is 32.9. The molecule has 0 spiro atoms. The van der Waals surface area contributed by atoms with Crippen LogP contribution in [0.25, 0.3) is 0 Å². The molecule has 0 aliphatic carbocycles. The van der Waals surface area contributed by atoms with Crippen LogP contribution >= 0.6 is 0 Å². The van der Waals surface area contributed by atoms with Crippen molar-refractivity contribution in [3.8, 4) is 0 Å². The zero-order valence-electron chi connectivity index (χ0n) is 6.12. The predicted octanol–water partition coefficient (Wildman–Crippen LogP) is 0.341. The van der Waals surface area contributed by atoms with Crippen LogP contribution in [-0.2, 0) is 16.8 Å². The first-order valence-electron chi connectivity index (χ1n) is 2.33. The number of hydrogen-bond acceptors (Lipinski definition) is 1. The topological polar surface area (TPSA) is 57.5 Å². The van der Waals surface area contributed by atoms with Crippen LogP contribution < -0.4 is 0 Å². The molecule has 0 amide bonds. The SMILES string of the molecule is CS(C)(C)(C)=S(=O)(O)O. The Morgan fingerprint density at radius 3 is 1.22 bits per heavy atom. The van der Waals surface area contributed by atoms with E-state index >= 15 is 0 Å². The van der Waals surface area contributed by atoms with Crippen LogP contribution in [0.5, 0.6) is 0 Å². The highest BCUT2D eigenvalue weighted by Gasteiger charge is 2.18. The second-order valence-corrected chi connectivity index (χ2v) is 16.0. The van der Waals surface area contributed by atoms with Crippen molar-refractivity contribution in [1.29, 1.82) is 0 Å². The summed E-state index contributed by atoms with van der Waals surface area (Å²) in [6.07, 6.45) is 6.50. The Hall–Kier alpha value is 0.420. The van der Waals surface area contributed by atoms with Crippen molar-refractivity contribution >= 4 is 16.8 Å². The van der Waals surface area contributed by atoms with Gasteiger partial charge >= 0.3 is 0 Å². The predicted molar refractivity (Wildman–Crippen MR) is 44.5 cm³/mol. The van der Waals surface area contributed by atoms with Gasteiger partial charge in [-0.1, -0.05) is 0 Å². The molecule has 5 heteroatoms. The van der Waals surface area contributed by atoms with E-state index in [1.165, 1.54) is 0 Å². The molecule has 0 bridgehead atoms. The molecule has 0 fully saturated rings. The van der Waals surface area contributed by atoms with Gasteiger partial charge in [0.2, 0.25) is 9.05 Å². The first-order chi connectivity index (χ1) is 3.51. The Bertz CT molecular complexity index is 232. The lowest BCUT2D eigenvalue weighted by Crippen LogP contribution is -2.33. The maximum absolute atomic E-state index is 10.7. The first kappa shape index (κ1) is 9.42. The van der Waals surface area contributed by atoms with Crippen molar-refractivity contribution in [1.82, 2.24) is 0 Å². The van der Waals surface area contributed by atoms with E-state index in [2.05, 4.69) is 0 Å². The number of hydrogen-bond donors (Lipinski definition) is 2. The van der Waals surface area contributed by atoms with E-state index in [0.717, 1.165) is 0 Å². The van der Waals surface area contributed by atoms with Crippen LogP contribution in [-0.4, -0.2) is 38.3 Å². The molecule has 0 atom stereocenters. The molecular formula is C4H14O3S2. The van der Waals surface area contributed by atoms with E-state index in [1.807, 2.05) is 0 Å². The van der Waals surface area contributed by atoms with E-state index in [0.29, 0.717) is 0 Å². The van der Waals surface area contributed by atoms with Gasteiger partial charge in [-0.2, -0.15) is 7.72 Å². The second kappa shape index (κ2) is 1.72. The van der Waals surface area contributed by atoms with Crippen LogP contribution in [0.1, 0.15) is 0 Å². The summed E-state index contributed by atoms with van der Waals surface area (Å²) in [5, 5.41) is 0. The summed E-state index contributed by atoms with van der Waals surface area (Å²) >= 11 is 0. The average Bonchev–Trinajstić information content (AvgIpc) is 1.20. The zero-order chi connectivity index (χ0) is 7.95. The van der Waals surface area contributed by atoms with Crippen LogP contribution in [0.2, 0.25) is 0 Å². The molecule has 0 aromatic rings. The fourth-order valence-corrected chi connectivity index (χ4v) is 0. The summed E-state index contributed by atoms with van der Waals surface area (Å²) < 4.78 is 28.2. The van der Waals surface area contributed by atoms with Crippen molar-refractivity contribution in [2.75, 3.05) is 25.0 Å². The second-order valence-electron chi connectivity index (χ2n) is 3.56. The zero-order valence-corrected chi connectivity index (χ0v) is 7.75. The lowest BCUT2D eigenvalue weighted by molar-refractivity contribution is 0.449. The maximum Gasteiger partial charge on any atom is 0.207 e. The average molecular weight is 174 g/mol. The van der Waals surface area contributed by atoms with Gasteiger partial charge in [-0.15, -0.1) is 0 Å². The normalized spacial score (nSPS) is 18.7. The third kappa shape index (κ3) is 2.25. The van der Waals surface area contributed by atoms with Gasteiger partial charge in [0.15, 0.2) is 0 Å². The van der Waals surface area contributed by atoms with E-state index in [-0.39, 0.29) is 0 Å². The van der Waals surface area contributed by atoms with Crippen LogP contribution in [0.4, 0.5) is 0 Å². The minimum Gasteiger partial charge on any atom is -0.290 e. The van der Waals surface area contributed by atoms with E-state index < -0.39 is 16.8 Å². The van der Waals surface area contributed by atoms with Gasteiger partial charge in [0.1, 0.15) is 0 Å². The Morgan fingerprint density at radius 1 is 1.11 bits per heavy atom. The van der Waals surface area contributed by atoms with E-state index in [1.54, 1.807) is 25.0 Å². The molecule has 2 N–H and O–H groups in total. The van der Waals surface area contributed by atoms with Crippen LogP contribution in [0.15, 0.2) is 0 Å². The Kier molecular flexibility index (Phi) is 1.80. The van der Waals surface area contributed by atoms with Gasteiger partial charge in [0.25, 0.3) is 0 Å². The van der Waals surface area contributed by atoms with Gasteiger partial charge in [-0.25, -0.2) is 4.21 Å². The Labute approximate surface area is 55.7 Å².